The van der Waals surface area contributed by atoms with Crippen LogP contribution in [0.3, 0.4) is 0 Å². The molecule has 0 unspecified atom stereocenters. The third-order valence-corrected chi connectivity index (χ3v) is 4.13. The summed E-state index contributed by atoms with van der Waals surface area (Å²) in [5, 5.41) is 2.95. The van der Waals surface area contributed by atoms with Gasteiger partial charge in [0.25, 0.3) is 5.91 Å². The predicted molar refractivity (Wildman–Crippen MR) is 102 cm³/mol. The molecule has 1 heterocycles. The van der Waals surface area contributed by atoms with E-state index in [1.807, 2.05) is 12.1 Å². The second kappa shape index (κ2) is 9.42. The van der Waals surface area contributed by atoms with Crippen LogP contribution < -0.4 is 11.1 Å². The molecule has 0 spiro atoms. The van der Waals surface area contributed by atoms with Gasteiger partial charge in [-0.1, -0.05) is 24.3 Å². The van der Waals surface area contributed by atoms with E-state index >= 15 is 0 Å². The summed E-state index contributed by atoms with van der Waals surface area (Å²) >= 11 is 0. The zero-order chi connectivity index (χ0) is 16.8. The summed E-state index contributed by atoms with van der Waals surface area (Å²) in [5.41, 5.74) is 9.28. The number of benzene rings is 2. The highest BCUT2D eigenvalue weighted by Gasteiger charge is 2.11. The van der Waals surface area contributed by atoms with Gasteiger partial charge in [-0.3, -0.25) is 9.69 Å². The smallest absolute Gasteiger partial charge is 0.251 e. The molecule has 2 aromatic carbocycles. The lowest BCUT2D eigenvalue weighted by Gasteiger charge is -2.26. The first kappa shape index (κ1) is 19.2. The highest BCUT2D eigenvalue weighted by Crippen LogP contribution is 2.11. The van der Waals surface area contributed by atoms with Crippen molar-refractivity contribution >= 4 is 24.0 Å². The van der Waals surface area contributed by atoms with E-state index < -0.39 is 0 Å². The molecule has 0 saturated carbocycles. The maximum absolute atomic E-state index is 12.2. The van der Waals surface area contributed by atoms with Crippen LogP contribution in [0.1, 0.15) is 21.5 Å². The summed E-state index contributed by atoms with van der Waals surface area (Å²) in [4.78, 5) is 14.5. The molecule has 0 bridgehead atoms. The summed E-state index contributed by atoms with van der Waals surface area (Å²) < 4.78 is 5.38. The molecule has 2 aromatic rings. The number of hydrogen-bond acceptors (Lipinski definition) is 4. The Morgan fingerprint density at radius 2 is 1.76 bits per heavy atom. The number of nitrogens with one attached hydrogen (secondary N) is 1. The van der Waals surface area contributed by atoms with Gasteiger partial charge in [0.05, 0.1) is 13.2 Å². The monoisotopic (exact) mass is 361 g/mol. The van der Waals surface area contributed by atoms with Crippen molar-refractivity contribution < 1.29 is 9.53 Å². The van der Waals surface area contributed by atoms with Crippen molar-refractivity contribution in [2.45, 2.75) is 13.1 Å². The first-order chi connectivity index (χ1) is 11.7. The first-order valence-electron chi connectivity index (χ1n) is 8.22. The Labute approximate surface area is 154 Å². The number of nitrogens with zero attached hydrogens (tertiary/aromatic N) is 1. The van der Waals surface area contributed by atoms with Gasteiger partial charge in [0.15, 0.2) is 0 Å². The Bertz CT molecular complexity index is 685. The fraction of sp³-hybridized carbons (Fsp3) is 0.316. The Balaban J connectivity index is 0.00000225. The molecule has 3 N–H and O–H groups in total. The Hall–Kier alpha value is -2.08. The zero-order valence-corrected chi connectivity index (χ0v) is 14.9. The van der Waals surface area contributed by atoms with Gasteiger partial charge in [-0.15, -0.1) is 12.4 Å². The van der Waals surface area contributed by atoms with E-state index in [4.69, 9.17) is 10.5 Å². The van der Waals surface area contributed by atoms with Crippen LogP contribution in [0, 0.1) is 0 Å². The van der Waals surface area contributed by atoms with Crippen LogP contribution in [0.2, 0.25) is 0 Å². The molecular weight excluding hydrogens is 338 g/mol. The summed E-state index contributed by atoms with van der Waals surface area (Å²) in [6.07, 6.45) is 0. The average molecular weight is 362 g/mol. The van der Waals surface area contributed by atoms with Gasteiger partial charge in [0, 0.05) is 37.4 Å². The number of rotatable bonds is 5. The normalized spacial score (nSPS) is 14.6. The van der Waals surface area contributed by atoms with E-state index in [0.717, 1.165) is 38.4 Å². The molecular formula is C19H24ClN3O2. The van der Waals surface area contributed by atoms with E-state index in [-0.39, 0.29) is 18.3 Å². The summed E-state index contributed by atoms with van der Waals surface area (Å²) in [6.45, 7) is 4.98. The Morgan fingerprint density at radius 1 is 1.08 bits per heavy atom. The SMILES string of the molecule is Cl.Nc1ccc(C(=O)NCc2cccc(CN3CCOCC3)c2)cc1. The fourth-order valence-corrected chi connectivity index (χ4v) is 2.77. The number of morpholine rings is 1. The van der Waals surface area contributed by atoms with E-state index in [2.05, 4.69) is 22.3 Å². The lowest BCUT2D eigenvalue weighted by atomic mass is 10.1. The quantitative estimate of drug-likeness (QED) is 0.803. The van der Waals surface area contributed by atoms with Gasteiger partial charge in [0.1, 0.15) is 0 Å². The molecule has 0 atom stereocenters. The van der Waals surface area contributed by atoms with E-state index in [0.29, 0.717) is 17.8 Å². The average Bonchev–Trinajstić information content (AvgIpc) is 2.61. The van der Waals surface area contributed by atoms with Crippen LogP contribution in [0.5, 0.6) is 0 Å². The molecule has 0 aliphatic carbocycles. The van der Waals surface area contributed by atoms with Gasteiger partial charge in [0.2, 0.25) is 0 Å². The Kier molecular flexibility index (Phi) is 7.25. The van der Waals surface area contributed by atoms with Gasteiger partial charge in [-0.2, -0.15) is 0 Å². The van der Waals surface area contributed by atoms with Gasteiger partial charge >= 0.3 is 0 Å². The third-order valence-electron chi connectivity index (χ3n) is 4.13. The standard InChI is InChI=1S/C19H23N3O2.ClH/c20-18-6-4-17(5-7-18)19(23)21-13-15-2-1-3-16(12-15)14-22-8-10-24-11-9-22;/h1-7,12H,8-11,13-14,20H2,(H,21,23);1H. The number of amides is 1. The number of carbonyl (C=O) groups is 1. The molecule has 5 nitrogen and oxygen atoms in total. The Morgan fingerprint density at radius 3 is 2.48 bits per heavy atom. The number of halogens is 1. The van der Waals surface area contributed by atoms with E-state index in [1.165, 1.54) is 5.56 Å². The number of anilines is 1. The molecule has 25 heavy (non-hydrogen) atoms. The maximum Gasteiger partial charge on any atom is 0.251 e. The second-order valence-electron chi connectivity index (χ2n) is 6.01. The fourth-order valence-electron chi connectivity index (χ4n) is 2.77. The highest BCUT2D eigenvalue weighted by atomic mass is 35.5. The number of nitrogens with two attached hydrogens (primary N) is 1. The van der Waals surface area contributed by atoms with Crippen molar-refractivity contribution in [3.05, 3.63) is 65.2 Å². The summed E-state index contributed by atoms with van der Waals surface area (Å²) in [6, 6.07) is 15.3. The lowest BCUT2D eigenvalue weighted by Crippen LogP contribution is -2.35. The predicted octanol–water partition coefficient (Wildman–Crippen LogP) is 2.45. The molecule has 1 amide bonds. The molecule has 6 heteroatoms. The number of hydrogen-bond donors (Lipinski definition) is 2. The lowest BCUT2D eigenvalue weighted by molar-refractivity contribution is 0.0342. The van der Waals surface area contributed by atoms with Crippen molar-refractivity contribution in [3.63, 3.8) is 0 Å². The van der Waals surface area contributed by atoms with Crippen LogP contribution in [-0.2, 0) is 17.8 Å². The van der Waals surface area contributed by atoms with E-state index in [9.17, 15) is 4.79 Å². The van der Waals surface area contributed by atoms with Gasteiger partial charge < -0.3 is 15.8 Å². The zero-order valence-electron chi connectivity index (χ0n) is 14.1. The maximum atomic E-state index is 12.2. The first-order valence-corrected chi connectivity index (χ1v) is 8.22. The van der Waals surface area contributed by atoms with Crippen LogP contribution in [0.4, 0.5) is 5.69 Å². The van der Waals surface area contributed by atoms with Gasteiger partial charge in [-0.05, 0) is 35.4 Å². The van der Waals surface area contributed by atoms with E-state index in [1.54, 1.807) is 24.3 Å². The molecule has 0 radical (unpaired) electrons. The van der Waals surface area contributed by atoms with Crippen LogP contribution in [0.25, 0.3) is 0 Å². The van der Waals surface area contributed by atoms with Crippen molar-refractivity contribution in [2.24, 2.45) is 0 Å². The third kappa shape index (κ3) is 5.74. The minimum atomic E-state index is -0.0893. The largest absolute Gasteiger partial charge is 0.399 e. The van der Waals surface area contributed by atoms with Crippen molar-refractivity contribution in [2.75, 3.05) is 32.0 Å². The number of nitrogen functional groups attached to an aromatic ring is 1. The molecule has 1 saturated heterocycles. The molecule has 3 rings (SSSR count). The molecule has 134 valence electrons. The topological polar surface area (TPSA) is 67.6 Å². The van der Waals surface area contributed by atoms with Crippen LogP contribution in [0.15, 0.2) is 48.5 Å². The van der Waals surface area contributed by atoms with Crippen molar-refractivity contribution in [3.8, 4) is 0 Å². The molecule has 0 aromatic heterocycles. The summed E-state index contributed by atoms with van der Waals surface area (Å²) in [7, 11) is 0. The second-order valence-corrected chi connectivity index (χ2v) is 6.01. The number of carbonyl (C=O) groups excluding carboxylic acids is 1. The molecule has 1 fully saturated rings. The highest BCUT2D eigenvalue weighted by molar-refractivity contribution is 5.94. The minimum absolute atomic E-state index is 0. The molecule has 1 aliphatic rings. The summed E-state index contributed by atoms with van der Waals surface area (Å²) in [5.74, 6) is -0.0893. The van der Waals surface area contributed by atoms with Crippen molar-refractivity contribution in [1.29, 1.82) is 0 Å². The van der Waals surface area contributed by atoms with Gasteiger partial charge in [-0.25, -0.2) is 0 Å². The minimum Gasteiger partial charge on any atom is -0.399 e. The van der Waals surface area contributed by atoms with Crippen molar-refractivity contribution in [1.82, 2.24) is 10.2 Å². The van der Waals surface area contributed by atoms with Crippen LogP contribution >= 0.6 is 12.4 Å². The molecule has 1 aliphatic heterocycles. The number of ether oxygens (including phenoxy) is 1. The van der Waals surface area contributed by atoms with Crippen LogP contribution in [-0.4, -0.2) is 37.1 Å².